The number of hydrogen-bond acceptors (Lipinski definition) is 1. The average molecular weight is 294 g/mol. The van der Waals surface area contributed by atoms with Crippen LogP contribution < -0.4 is 4.72 Å². The summed E-state index contributed by atoms with van der Waals surface area (Å²) in [5.74, 6) is 0. The predicted octanol–water partition coefficient (Wildman–Crippen LogP) is 2.89. The summed E-state index contributed by atoms with van der Waals surface area (Å²) in [6, 6.07) is 0.431. The van der Waals surface area contributed by atoms with E-state index in [-0.39, 0.29) is 0 Å². The lowest BCUT2D eigenvalue weighted by Crippen LogP contribution is -2.42. The Balaban J connectivity index is 1.81. The SMILES string of the molecule is O=S(NC1CCCCC1Br)C1CCCC1. The molecule has 3 unspecified atom stereocenters. The summed E-state index contributed by atoms with van der Waals surface area (Å²) >= 11 is 3.69. The number of alkyl halides is 1. The zero-order valence-corrected chi connectivity index (χ0v) is 11.5. The number of hydrogen-bond donors (Lipinski definition) is 1. The first-order chi connectivity index (χ1) is 7.27. The molecule has 3 atom stereocenters. The van der Waals surface area contributed by atoms with Crippen molar-refractivity contribution < 1.29 is 4.21 Å². The molecule has 0 radical (unpaired) electrons. The van der Waals surface area contributed by atoms with E-state index in [9.17, 15) is 4.21 Å². The fraction of sp³-hybridized carbons (Fsp3) is 1.00. The highest BCUT2D eigenvalue weighted by atomic mass is 79.9. The van der Waals surface area contributed by atoms with Crippen molar-refractivity contribution in [2.75, 3.05) is 0 Å². The Morgan fingerprint density at radius 1 is 1.00 bits per heavy atom. The average Bonchev–Trinajstić information content (AvgIpc) is 2.74. The fourth-order valence-electron chi connectivity index (χ4n) is 2.57. The highest BCUT2D eigenvalue weighted by Gasteiger charge is 2.28. The molecule has 0 heterocycles. The molecule has 0 bridgehead atoms. The van der Waals surface area contributed by atoms with E-state index < -0.39 is 11.0 Å². The van der Waals surface area contributed by atoms with Crippen LogP contribution in [0, 0.1) is 0 Å². The van der Waals surface area contributed by atoms with E-state index in [2.05, 4.69) is 20.7 Å². The molecule has 4 heteroatoms. The summed E-state index contributed by atoms with van der Waals surface area (Å²) in [5, 5.41) is 0.423. The van der Waals surface area contributed by atoms with Crippen LogP contribution in [0.1, 0.15) is 51.4 Å². The normalized spacial score (nSPS) is 35.5. The van der Waals surface area contributed by atoms with Gasteiger partial charge in [-0.05, 0) is 25.7 Å². The van der Waals surface area contributed by atoms with E-state index >= 15 is 0 Å². The molecule has 0 aliphatic heterocycles. The van der Waals surface area contributed by atoms with Gasteiger partial charge >= 0.3 is 0 Å². The lowest BCUT2D eigenvalue weighted by atomic mass is 9.96. The Morgan fingerprint density at radius 2 is 1.60 bits per heavy atom. The minimum absolute atomic E-state index is 0.423. The van der Waals surface area contributed by atoms with Gasteiger partial charge in [-0.15, -0.1) is 0 Å². The van der Waals surface area contributed by atoms with E-state index in [1.165, 1.54) is 38.5 Å². The molecule has 2 nitrogen and oxygen atoms in total. The first kappa shape index (κ1) is 12.1. The minimum atomic E-state index is -0.794. The Labute approximate surface area is 103 Å². The summed E-state index contributed by atoms with van der Waals surface area (Å²) in [5.41, 5.74) is 0. The molecule has 2 aliphatic rings. The summed E-state index contributed by atoms with van der Waals surface area (Å²) in [7, 11) is -0.794. The number of halogens is 1. The van der Waals surface area contributed by atoms with Crippen LogP contribution >= 0.6 is 15.9 Å². The van der Waals surface area contributed by atoms with Crippen LogP contribution in [-0.4, -0.2) is 20.3 Å². The highest BCUT2D eigenvalue weighted by Crippen LogP contribution is 2.27. The minimum Gasteiger partial charge on any atom is -0.243 e. The van der Waals surface area contributed by atoms with Gasteiger partial charge in [-0.2, -0.15) is 0 Å². The maximum Gasteiger partial charge on any atom is 0.0949 e. The third-order valence-electron chi connectivity index (χ3n) is 3.55. The maximum absolute atomic E-state index is 12.0. The van der Waals surface area contributed by atoms with Gasteiger partial charge in [0.15, 0.2) is 0 Å². The molecule has 2 aliphatic carbocycles. The molecule has 0 aromatic rings. The summed E-state index contributed by atoms with van der Waals surface area (Å²) in [6.45, 7) is 0. The van der Waals surface area contributed by atoms with Gasteiger partial charge < -0.3 is 0 Å². The Bertz CT molecular complexity index is 231. The molecule has 0 spiro atoms. The lowest BCUT2D eigenvalue weighted by molar-refractivity contribution is 0.434. The summed E-state index contributed by atoms with van der Waals surface area (Å²) in [6.07, 6.45) is 9.82. The second-order valence-corrected chi connectivity index (χ2v) is 7.40. The van der Waals surface area contributed by atoms with E-state index in [4.69, 9.17) is 0 Å². The highest BCUT2D eigenvalue weighted by molar-refractivity contribution is 9.09. The molecule has 1 N–H and O–H groups in total. The quantitative estimate of drug-likeness (QED) is 0.797. The Kier molecular flexibility index (Phi) is 4.65. The van der Waals surface area contributed by atoms with Crippen molar-refractivity contribution in [3.05, 3.63) is 0 Å². The van der Waals surface area contributed by atoms with Crippen molar-refractivity contribution >= 4 is 26.9 Å². The van der Waals surface area contributed by atoms with Gasteiger partial charge in [0.05, 0.1) is 11.0 Å². The van der Waals surface area contributed by atoms with Crippen LogP contribution in [0.15, 0.2) is 0 Å². The van der Waals surface area contributed by atoms with Crippen LogP contribution in [0.4, 0.5) is 0 Å². The van der Waals surface area contributed by atoms with E-state index in [0.717, 1.165) is 12.8 Å². The zero-order chi connectivity index (χ0) is 10.7. The fourth-order valence-corrected chi connectivity index (χ4v) is 5.00. The van der Waals surface area contributed by atoms with E-state index in [1.54, 1.807) is 0 Å². The van der Waals surface area contributed by atoms with Crippen LogP contribution in [0.25, 0.3) is 0 Å². The monoisotopic (exact) mass is 293 g/mol. The van der Waals surface area contributed by atoms with Crippen LogP contribution in [0.3, 0.4) is 0 Å². The molecule has 2 saturated carbocycles. The second-order valence-electron chi connectivity index (χ2n) is 4.73. The van der Waals surface area contributed by atoms with Gasteiger partial charge in [-0.3, -0.25) is 0 Å². The van der Waals surface area contributed by atoms with Gasteiger partial charge in [0, 0.05) is 16.1 Å². The van der Waals surface area contributed by atoms with Gasteiger partial charge in [0.2, 0.25) is 0 Å². The molecule has 2 rings (SSSR count). The zero-order valence-electron chi connectivity index (χ0n) is 9.08. The third kappa shape index (κ3) is 3.27. The maximum atomic E-state index is 12.0. The molecular formula is C11H20BrNOS. The Morgan fingerprint density at radius 3 is 2.27 bits per heavy atom. The van der Waals surface area contributed by atoms with Crippen LogP contribution in [0.5, 0.6) is 0 Å². The second kappa shape index (κ2) is 5.78. The van der Waals surface area contributed by atoms with Gasteiger partial charge in [-0.25, -0.2) is 8.93 Å². The first-order valence-corrected chi connectivity index (χ1v) is 8.21. The van der Waals surface area contributed by atoms with Crippen LogP contribution in [-0.2, 0) is 11.0 Å². The van der Waals surface area contributed by atoms with Gasteiger partial charge in [-0.1, -0.05) is 41.6 Å². The lowest BCUT2D eigenvalue weighted by Gasteiger charge is -2.28. The van der Waals surface area contributed by atoms with Crippen molar-refractivity contribution in [2.45, 2.75) is 67.5 Å². The molecule has 0 amide bonds. The van der Waals surface area contributed by atoms with Crippen LogP contribution in [0.2, 0.25) is 0 Å². The molecule has 88 valence electrons. The standard InChI is InChI=1S/C11H20BrNOS/c12-10-7-3-4-8-11(10)13-15(14)9-5-1-2-6-9/h9-11,13H,1-8H2. The smallest absolute Gasteiger partial charge is 0.0949 e. The third-order valence-corrected chi connectivity index (χ3v) is 6.26. The van der Waals surface area contributed by atoms with E-state index in [0.29, 0.717) is 16.1 Å². The van der Waals surface area contributed by atoms with Gasteiger partial charge in [0.1, 0.15) is 0 Å². The molecule has 0 saturated heterocycles. The summed E-state index contributed by atoms with van der Waals surface area (Å²) < 4.78 is 15.4. The largest absolute Gasteiger partial charge is 0.243 e. The van der Waals surface area contributed by atoms with Crippen molar-refractivity contribution in [1.29, 1.82) is 0 Å². The number of nitrogens with one attached hydrogen (secondary N) is 1. The first-order valence-electron chi connectivity index (χ1n) is 6.08. The summed E-state index contributed by atoms with van der Waals surface area (Å²) in [4.78, 5) is 0.525. The van der Waals surface area contributed by atoms with E-state index in [1.807, 2.05) is 0 Å². The van der Waals surface area contributed by atoms with Crippen molar-refractivity contribution in [2.24, 2.45) is 0 Å². The van der Waals surface area contributed by atoms with Crippen molar-refractivity contribution in [3.8, 4) is 0 Å². The number of rotatable bonds is 3. The van der Waals surface area contributed by atoms with Crippen molar-refractivity contribution in [1.82, 2.24) is 4.72 Å². The van der Waals surface area contributed by atoms with Gasteiger partial charge in [0.25, 0.3) is 0 Å². The molecule has 0 aromatic heterocycles. The molecule has 15 heavy (non-hydrogen) atoms. The Hall–Kier alpha value is 0.590. The predicted molar refractivity (Wildman–Crippen MR) is 68.5 cm³/mol. The molecular weight excluding hydrogens is 274 g/mol. The molecule has 2 fully saturated rings. The topological polar surface area (TPSA) is 29.1 Å². The molecule has 0 aromatic carbocycles. The van der Waals surface area contributed by atoms with Crippen molar-refractivity contribution in [3.63, 3.8) is 0 Å².